The maximum absolute atomic E-state index is 5.67. The third kappa shape index (κ3) is 47.5. The second-order valence-corrected chi connectivity index (χ2v) is 11.8. The van der Waals surface area contributed by atoms with Crippen LogP contribution in [0.1, 0.15) is 90.4 Å². The Labute approximate surface area is 299 Å². The lowest BCUT2D eigenvalue weighted by Gasteiger charge is -2.09. The van der Waals surface area contributed by atoms with Crippen LogP contribution in [0.4, 0.5) is 0 Å². The van der Waals surface area contributed by atoms with E-state index in [0.717, 1.165) is 13.0 Å². The molecule has 0 aliphatic carbocycles. The highest BCUT2D eigenvalue weighted by Gasteiger charge is 1.97. The molecule has 0 atom stereocenters. The van der Waals surface area contributed by atoms with Gasteiger partial charge in [0.05, 0.1) is 139 Å². The van der Waals surface area contributed by atoms with Gasteiger partial charge in [-0.25, -0.2) is 0 Å². The van der Waals surface area contributed by atoms with Gasteiger partial charge in [0, 0.05) is 13.2 Å². The molecule has 0 unspecified atom stereocenters. The normalized spacial score (nSPS) is 11.6. The van der Waals surface area contributed by atoms with Crippen molar-refractivity contribution < 1.29 is 52.1 Å². The quantitative estimate of drug-likeness (QED) is 0.0832. The summed E-state index contributed by atoms with van der Waals surface area (Å²) >= 11 is 0. The van der Waals surface area contributed by atoms with E-state index in [1.54, 1.807) is 0 Å². The molecule has 0 rings (SSSR count). The minimum Gasteiger partial charge on any atom is -0.379 e. The summed E-state index contributed by atoms with van der Waals surface area (Å²) in [6.07, 6.45) is 17.8. The van der Waals surface area contributed by atoms with Gasteiger partial charge < -0.3 is 57.8 Å². The summed E-state index contributed by atoms with van der Waals surface area (Å²) in [5.74, 6) is 0. The van der Waals surface area contributed by atoms with Crippen molar-refractivity contribution in [3.05, 3.63) is 0 Å². The van der Waals surface area contributed by atoms with Crippen molar-refractivity contribution in [1.82, 2.24) is 0 Å². The van der Waals surface area contributed by atoms with Gasteiger partial charge in [-0.2, -0.15) is 0 Å². The van der Waals surface area contributed by atoms with E-state index < -0.39 is 0 Å². The molecular weight excluding hydrogens is 634 g/mol. The second-order valence-electron chi connectivity index (χ2n) is 11.8. The van der Waals surface area contributed by atoms with Gasteiger partial charge in [0.2, 0.25) is 0 Å². The van der Waals surface area contributed by atoms with Crippen LogP contribution in [0.2, 0.25) is 0 Å². The highest BCUT2D eigenvalue weighted by Crippen LogP contribution is 2.12. The second kappa shape index (κ2) is 47.5. The van der Waals surface area contributed by atoms with Crippen molar-refractivity contribution in [2.24, 2.45) is 5.73 Å². The lowest BCUT2D eigenvalue weighted by molar-refractivity contribution is -0.0274. The fourth-order valence-corrected chi connectivity index (χ4v) is 4.61. The van der Waals surface area contributed by atoms with Crippen LogP contribution in [0.5, 0.6) is 0 Å². The molecule has 0 bridgehead atoms. The van der Waals surface area contributed by atoms with Gasteiger partial charge in [0.1, 0.15) is 0 Å². The SMILES string of the molecule is CCCCCCCCCCCCCCCOCCOCCOCCOCCOCCOCCOCCOCCOCCOCCOCCN. The number of ether oxygens (including phenoxy) is 11. The van der Waals surface area contributed by atoms with Crippen molar-refractivity contribution in [2.45, 2.75) is 90.4 Å². The smallest absolute Gasteiger partial charge is 0.0701 e. The van der Waals surface area contributed by atoms with Crippen molar-refractivity contribution in [2.75, 3.05) is 152 Å². The Hall–Kier alpha value is -0.480. The first kappa shape index (κ1) is 48.5. The summed E-state index contributed by atoms with van der Waals surface area (Å²) in [5.41, 5.74) is 5.34. The zero-order valence-electron chi connectivity index (χ0n) is 31.5. The molecule has 0 aliphatic rings. The summed E-state index contributed by atoms with van der Waals surface area (Å²) in [4.78, 5) is 0. The van der Waals surface area contributed by atoms with E-state index in [2.05, 4.69) is 6.92 Å². The van der Waals surface area contributed by atoms with Crippen LogP contribution < -0.4 is 5.73 Å². The van der Waals surface area contributed by atoms with E-state index in [4.69, 9.17) is 57.8 Å². The maximum atomic E-state index is 5.67. The van der Waals surface area contributed by atoms with E-state index in [9.17, 15) is 0 Å². The summed E-state index contributed by atoms with van der Waals surface area (Å²) in [6.45, 7) is 15.1. The minimum atomic E-state index is 0.521. The van der Waals surface area contributed by atoms with E-state index in [1.807, 2.05) is 0 Å². The molecule has 12 nitrogen and oxygen atoms in total. The fraction of sp³-hybridized carbons (Fsp3) is 1.00. The average Bonchev–Trinajstić information content (AvgIpc) is 3.11. The number of rotatable bonds is 46. The number of unbranched alkanes of at least 4 members (excludes halogenated alkanes) is 12. The van der Waals surface area contributed by atoms with Crippen LogP contribution >= 0.6 is 0 Å². The fourth-order valence-electron chi connectivity index (χ4n) is 4.61. The molecule has 12 heteroatoms. The summed E-state index contributed by atoms with van der Waals surface area (Å²) in [5, 5.41) is 0. The molecule has 0 spiro atoms. The van der Waals surface area contributed by atoms with Crippen LogP contribution in [0.3, 0.4) is 0 Å². The predicted octanol–water partition coefficient (Wildman–Crippen LogP) is 5.22. The Balaban J connectivity index is 3.04. The molecule has 0 amide bonds. The average molecular weight is 712 g/mol. The van der Waals surface area contributed by atoms with Gasteiger partial charge in [0.25, 0.3) is 0 Å². The summed E-state index contributed by atoms with van der Waals surface area (Å²) in [6, 6.07) is 0. The molecule has 0 radical (unpaired) electrons. The standard InChI is InChI=1S/C37H77NO11/c1-2-3-4-5-6-7-8-9-10-11-12-13-14-16-39-18-20-41-22-24-43-26-28-45-30-32-47-34-36-49-37-35-48-33-31-46-29-27-44-25-23-42-21-19-40-17-15-38/h2-38H2,1H3. The first-order valence-electron chi connectivity index (χ1n) is 19.5. The van der Waals surface area contributed by atoms with Gasteiger partial charge >= 0.3 is 0 Å². The molecule has 0 saturated heterocycles. The molecule has 0 aromatic rings. The minimum absolute atomic E-state index is 0.521. The monoisotopic (exact) mass is 712 g/mol. The Kier molecular flexibility index (Phi) is 47.1. The van der Waals surface area contributed by atoms with Crippen molar-refractivity contribution >= 4 is 0 Å². The molecule has 0 fully saturated rings. The molecule has 49 heavy (non-hydrogen) atoms. The van der Waals surface area contributed by atoms with Crippen LogP contribution in [0.25, 0.3) is 0 Å². The van der Waals surface area contributed by atoms with Crippen LogP contribution in [-0.4, -0.2) is 152 Å². The molecule has 0 aliphatic heterocycles. The topological polar surface area (TPSA) is 128 Å². The van der Waals surface area contributed by atoms with Gasteiger partial charge in [-0.05, 0) is 6.42 Å². The first-order chi connectivity index (χ1) is 24.4. The zero-order valence-corrected chi connectivity index (χ0v) is 31.5. The molecule has 296 valence electrons. The Bertz CT molecular complexity index is 520. The molecule has 0 aromatic carbocycles. The van der Waals surface area contributed by atoms with E-state index in [0.29, 0.717) is 145 Å². The maximum Gasteiger partial charge on any atom is 0.0701 e. The van der Waals surface area contributed by atoms with Gasteiger partial charge in [-0.3, -0.25) is 0 Å². The number of hydrogen-bond acceptors (Lipinski definition) is 12. The molecular formula is C37H77NO11. The third-order valence-corrected chi connectivity index (χ3v) is 7.37. The first-order valence-corrected chi connectivity index (χ1v) is 19.5. The lowest BCUT2D eigenvalue weighted by atomic mass is 10.0. The largest absolute Gasteiger partial charge is 0.379 e. The molecule has 0 aromatic heterocycles. The van der Waals surface area contributed by atoms with E-state index in [-0.39, 0.29) is 0 Å². The van der Waals surface area contributed by atoms with Crippen LogP contribution in [0.15, 0.2) is 0 Å². The van der Waals surface area contributed by atoms with Crippen molar-refractivity contribution in [3.8, 4) is 0 Å². The Morgan fingerprint density at radius 1 is 0.224 bits per heavy atom. The number of nitrogens with two attached hydrogens (primary N) is 1. The van der Waals surface area contributed by atoms with E-state index >= 15 is 0 Å². The number of hydrogen-bond donors (Lipinski definition) is 1. The zero-order chi connectivity index (χ0) is 35.2. The van der Waals surface area contributed by atoms with Crippen LogP contribution in [0, 0.1) is 0 Å². The highest BCUT2D eigenvalue weighted by molar-refractivity contribution is 4.49. The van der Waals surface area contributed by atoms with Crippen molar-refractivity contribution in [1.29, 1.82) is 0 Å². The Morgan fingerprint density at radius 3 is 0.633 bits per heavy atom. The van der Waals surface area contributed by atoms with Gasteiger partial charge in [0.15, 0.2) is 0 Å². The summed E-state index contributed by atoms with van der Waals surface area (Å²) in [7, 11) is 0. The third-order valence-electron chi connectivity index (χ3n) is 7.37. The highest BCUT2D eigenvalue weighted by atomic mass is 16.6. The molecule has 2 N–H and O–H groups in total. The lowest BCUT2D eigenvalue weighted by Crippen LogP contribution is -2.15. The summed E-state index contributed by atoms with van der Waals surface area (Å²) < 4.78 is 60.2. The predicted molar refractivity (Wildman–Crippen MR) is 194 cm³/mol. The molecule has 0 heterocycles. The van der Waals surface area contributed by atoms with Gasteiger partial charge in [-0.15, -0.1) is 0 Å². The van der Waals surface area contributed by atoms with E-state index in [1.165, 1.54) is 77.0 Å². The molecule has 0 saturated carbocycles. The van der Waals surface area contributed by atoms with Crippen LogP contribution in [-0.2, 0) is 52.1 Å². The Morgan fingerprint density at radius 2 is 0.408 bits per heavy atom. The van der Waals surface area contributed by atoms with Crippen molar-refractivity contribution in [3.63, 3.8) is 0 Å². The van der Waals surface area contributed by atoms with Gasteiger partial charge in [-0.1, -0.05) is 84.0 Å².